The zero-order chi connectivity index (χ0) is 26.1. The van der Waals surface area contributed by atoms with Gasteiger partial charge in [-0.3, -0.25) is 14.1 Å². The number of ether oxygens (including phenoxy) is 2. The summed E-state index contributed by atoms with van der Waals surface area (Å²) in [7, 11) is -5.10. The van der Waals surface area contributed by atoms with E-state index in [1.807, 2.05) is 0 Å². The standard InChI is InChI=1S/C24H43O10P/c1-2-3-4-5-6-7-8-9-10-11-12-13-14-15-16-17-20(26)32-18-19(25)22-21(27)23(24(28)33-22)34-35(29,30)31/h19,22-23,25H,2-18H2,1H3,(H2,29,30,31). The summed E-state index contributed by atoms with van der Waals surface area (Å²) in [4.78, 5) is 52.9. The van der Waals surface area contributed by atoms with Crippen molar-refractivity contribution in [3.05, 3.63) is 0 Å². The number of hydrogen-bond acceptors (Lipinski definition) is 8. The molecule has 1 aliphatic rings. The Bertz CT molecular complexity index is 677. The summed E-state index contributed by atoms with van der Waals surface area (Å²) in [6.45, 7) is 1.66. The molecule has 3 unspecified atom stereocenters. The summed E-state index contributed by atoms with van der Waals surface area (Å²) in [6.07, 6.45) is 12.9. The molecule has 10 nitrogen and oxygen atoms in total. The summed E-state index contributed by atoms with van der Waals surface area (Å²) >= 11 is 0. The first kappa shape index (κ1) is 31.7. The molecule has 0 bridgehead atoms. The Labute approximate surface area is 208 Å². The summed E-state index contributed by atoms with van der Waals surface area (Å²) in [5.41, 5.74) is 0. The van der Waals surface area contributed by atoms with Crippen LogP contribution in [-0.2, 0) is 32.9 Å². The van der Waals surface area contributed by atoms with Gasteiger partial charge < -0.3 is 24.4 Å². The number of carbonyl (C=O) groups is 3. The fraction of sp³-hybridized carbons (Fsp3) is 0.875. The van der Waals surface area contributed by atoms with Crippen LogP contribution in [0.4, 0.5) is 0 Å². The maximum absolute atomic E-state index is 12.0. The Morgan fingerprint density at radius 2 is 1.34 bits per heavy atom. The second-order valence-corrected chi connectivity index (χ2v) is 10.4. The van der Waals surface area contributed by atoms with Gasteiger partial charge in [-0.2, -0.15) is 0 Å². The maximum atomic E-state index is 12.0. The third-order valence-electron chi connectivity index (χ3n) is 5.99. The highest BCUT2D eigenvalue weighted by atomic mass is 31.2. The number of carbonyl (C=O) groups excluding carboxylic acids is 3. The molecular weight excluding hydrogens is 479 g/mol. The first-order valence-electron chi connectivity index (χ1n) is 13.0. The fourth-order valence-corrected chi connectivity index (χ4v) is 4.45. The molecular formula is C24H43O10P. The van der Waals surface area contributed by atoms with E-state index in [0.717, 1.165) is 19.3 Å². The summed E-state index contributed by atoms with van der Waals surface area (Å²) in [5, 5.41) is 9.98. The van der Waals surface area contributed by atoms with Gasteiger partial charge in [-0.15, -0.1) is 0 Å². The number of phosphoric acid groups is 1. The van der Waals surface area contributed by atoms with E-state index in [1.165, 1.54) is 70.6 Å². The minimum atomic E-state index is -5.10. The van der Waals surface area contributed by atoms with Gasteiger partial charge in [0.05, 0.1) is 0 Å². The lowest BCUT2D eigenvalue weighted by molar-refractivity contribution is -0.156. The molecule has 0 aromatic rings. The van der Waals surface area contributed by atoms with E-state index in [9.17, 15) is 24.1 Å². The predicted molar refractivity (Wildman–Crippen MR) is 128 cm³/mol. The van der Waals surface area contributed by atoms with Gasteiger partial charge >= 0.3 is 19.8 Å². The van der Waals surface area contributed by atoms with Gasteiger partial charge in [0, 0.05) is 6.42 Å². The molecule has 0 spiro atoms. The largest absolute Gasteiger partial charge is 0.470 e. The Morgan fingerprint density at radius 1 is 0.886 bits per heavy atom. The molecule has 0 saturated carbocycles. The van der Waals surface area contributed by atoms with Gasteiger partial charge in [-0.25, -0.2) is 9.36 Å². The van der Waals surface area contributed by atoms with Crippen LogP contribution in [0, 0.1) is 0 Å². The first-order valence-corrected chi connectivity index (χ1v) is 14.5. The van der Waals surface area contributed by atoms with Crippen molar-refractivity contribution in [1.82, 2.24) is 0 Å². The molecule has 11 heteroatoms. The van der Waals surface area contributed by atoms with Crippen molar-refractivity contribution in [2.45, 2.75) is 128 Å². The Balaban J connectivity index is 2.00. The lowest BCUT2D eigenvalue weighted by atomic mass is 10.0. The smallest absolute Gasteiger partial charge is 0.463 e. The van der Waals surface area contributed by atoms with Crippen molar-refractivity contribution in [2.75, 3.05) is 6.61 Å². The Morgan fingerprint density at radius 3 is 1.80 bits per heavy atom. The van der Waals surface area contributed by atoms with Gasteiger partial charge in [0.2, 0.25) is 11.9 Å². The number of rotatable bonds is 21. The summed E-state index contributed by atoms with van der Waals surface area (Å²) in [6, 6.07) is 0. The molecule has 1 saturated heterocycles. The van der Waals surface area contributed by atoms with Crippen molar-refractivity contribution in [2.24, 2.45) is 0 Å². The molecule has 1 aliphatic heterocycles. The number of phosphoric ester groups is 1. The van der Waals surface area contributed by atoms with Crippen LogP contribution in [0.3, 0.4) is 0 Å². The number of aliphatic hydroxyl groups excluding tert-OH is 1. The van der Waals surface area contributed by atoms with Gasteiger partial charge in [-0.05, 0) is 6.42 Å². The summed E-state index contributed by atoms with van der Waals surface area (Å²) in [5.74, 6) is -2.99. The number of hydrogen-bond donors (Lipinski definition) is 3. The lowest BCUT2D eigenvalue weighted by Crippen LogP contribution is -2.38. The molecule has 1 fully saturated rings. The van der Waals surface area contributed by atoms with Crippen molar-refractivity contribution in [3.8, 4) is 0 Å². The monoisotopic (exact) mass is 522 g/mol. The van der Waals surface area contributed by atoms with Crippen molar-refractivity contribution >= 4 is 25.5 Å². The second kappa shape index (κ2) is 18.0. The van der Waals surface area contributed by atoms with Crippen LogP contribution in [0.2, 0.25) is 0 Å². The van der Waals surface area contributed by atoms with E-state index >= 15 is 0 Å². The average Bonchev–Trinajstić information content (AvgIpc) is 3.07. The Kier molecular flexibility index (Phi) is 16.3. The highest BCUT2D eigenvalue weighted by molar-refractivity contribution is 7.46. The van der Waals surface area contributed by atoms with Crippen molar-refractivity contribution in [1.29, 1.82) is 0 Å². The Hall–Kier alpha value is -1.32. The van der Waals surface area contributed by atoms with Crippen LogP contribution < -0.4 is 0 Å². The van der Waals surface area contributed by atoms with Crippen LogP contribution in [0.5, 0.6) is 0 Å². The SMILES string of the molecule is CCCCCCCCCCCCCCCCCC(=O)OCC(O)C1OC(=O)C(OP(=O)(O)O)C1=O. The van der Waals surface area contributed by atoms with E-state index in [0.29, 0.717) is 6.42 Å². The molecule has 0 aliphatic carbocycles. The normalized spacial score (nSPS) is 19.1. The number of ketones is 1. The molecule has 204 valence electrons. The van der Waals surface area contributed by atoms with Gasteiger partial charge in [-0.1, -0.05) is 96.8 Å². The molecule has 1 rings (SSSR count). The molecule has 3 N–H and O–H groups in total. The van der Waals surface area contributed by atoms with E-state index in [2.05, 4.69) is 16.2 Å². The van der Waals surface area contributed by atoms with E-state index in [4.69, 9.17) is 14.5 Å². The number of unbranched alkanes of at least 4 members (excludes halogenated alkanes) is 14. The van der Waals surface area contributed by atoms with E-state index in [-0.39, 0.29) is 6.42 Å². The van der Waals surface area contributed by atoms with Crippen LogP contribution in [0.15, 0.2) is 0 Å². The highest BCUT2D eigenvalue weighted by Gasteiger charge is 2.50. The quantitative estimate of drug-likeness (QED) is 0.0867. The van der Waals surface area contributed by atoms with E-state index < -0.39 is 50.5 Å². The molecule has 0 radical (unpaired) electrons. The lowest BCUT2D eigenvalue weighted by Gasteiger charge is -2.15. The number of Topliss-reactive ketones (excluding diaryl/α,β-unsaturated/α-hetero) is 1. The van der Waals surface area contributed by atoms with Gasteiger partial charge in [0.25, 0.3) is 0 Å². The minimum Gasteiger partial charge on any atom is -0.463 e. The van der Waals surface area contributed by atoms with Crippen molar-refractivity contribution < 1.29 is 47.8 Å². The fourth-order valence-electron chi connectivity index (χ4n) is 3.99. The molecule has 35 heavy (non-hydrogen) atoms. The zero-order valence-electron chi connectivity index (χ0n) is 20.9. The zero-order valence-corrected chi connectivity index (χ0v) is 21.8. The highest BCUT2D eigenvalue weighted by Crippen LogP contribution is 2.39. The van der Waals surface area contributed by atoms with E-state index in [1.54, 1.807) is 0 Å². The van der Waals surface area contributed by atoms with Gasteiger partial charge in [0.15, 0.2) is 6.10 Å². The third-order valence-corrected chi connectivity index (χ3v) is 6.47. The molecule has 0 aromatic heterocycles. The van der Waals surface area contributed by atoms with Gasteiger partial charge in [0.1, 0.15) is 12.7 Å². The van der Waals surface area contributed by atoms with Crippen molar-refractivity contribution in [3.63, 3.8) is 0 Å². The van der Waals surface area contributed by atoms with Crippen LogP contribution in [0.25, 0.3) is 0 Å². The second-order valence-electron chi connectivity index (χ2n) is 9.19. The first-order chi connectivity index (χ1) is 16.7. The topological polar surface area (TPSA) is 157 Å². The van der Waals surface area contributed by atoms with Crippen LogP contribution in [0.1, 0.15) is 110 Å². The average molecular weight is 523 g/mol. The molecule has 0 amide bonds. The molecule has 1 heterocycles. The molecule has 3 atom stereocenters. The van der Waals surface area contributed by atoms with Crippen LogP contribution >= 0.6 is 7.82 Å². The minimum absolute atomic E-state index is 0.174. The molecule has 0 aromatic carbocycles. The maximum Gasteiger partial charge on any atom is 0.470 e. The summed E-state index contributed by atoms with van der Waals surface area (Å²) < 4.78 is 24.5. The third kappa shape index (κ3) is 14.7. The number of cyclic esters (lactones) is 1. The predicted octanol–water partition coefficient (Wildman–Crippen LogP) is 4.12. The number of esters is 2. The van der Waals surface area contributed by atoms with Crippen LogP contribution in [-0.4, -0.2) is 57.5 Å². The number of aliphatic hydroxyl groups is 1.